The van der Waals surface area contributed by atoms with Crippen molar-refractivity contribution in [2.75, 3.05) is 13.1 Å². The van der Waals surface area contributed by atoms with Gasteiger partial charge in [0.25, 0.3) is 0 Å². The largest absolute Gasteiger partial charge is 0.444 e. The molecule has 1 saturated carbocycles. The SMILES string of the molecule is CC(C)(CCc1ncccc1C(F)(F)F)NC(=O)C1C2CN(C(=O)OC(C)(C)C)C[C@H]21. The number of piperidine rings is 1. The molecule has 2 unspecified atom stereocenters. The molecule has 1 aromatic rings. The molecule has 3 atom stereocenters. The average molecular weight is 441 g/mol. The molecule has 2 fully saturated rings. The number of rotatable bonds is 5. The van der Waals surface area contributed by atoms with Gasteiger partial charge in [0.1, 0.15) is 5.60 Å². The van der Waals surface area contributed by atoms with Crippen LogP contribution < -0.4 is 5.32 Å². The number of fused-ring (bicyclic) bond motifs is 1. The van der Waals surface area contributed by atoms with Crippen LogP contribution in [-0.2, 0) is 22.1 Å². The minimum atomic E-state index is -4.46. The average Bonchev–Trinajstić information content (AvgIpc) is 3.12. The standard InChI is InChI=1S/C22H30F3N3O3/c1-20(2,3)31-19(30)28-11-13-14(12-28)17(13)18(29)27-21(4,5)9-8-16-15(22(23,24)25)7-6-10-26-16/h6-7,10,13-14,17H,8-9,11-12H2,1-5H3,(H,27,29)/t13-,14?,17?/m1/s1. The topological polar surface area (TPSA) is 71.5 Å². The zero-order valence-corrected chi connectivity index (χ0v) is 18.5. The first kappa shape index (κ1) is 23.3. The molecule has 0 radical (unpaired) electrons. The van der Waals surface area contributed by atoms with Crippen LogP contribution in [0.5, 0.6) is 0 Å². The van der Waals surface area contributed by atoms with Crippen LogP contribution in [-0.4, -0.2) is 46.1 Å². The van der Waals surface area contributed by atoms with Gasteiger partial charge in [-0.2, -0.15) is 13.2 Å². The second-order valence-corrected chi connectivity index (χ2v) is 10.1. The van der Waals surface area contributed by atoms with Crippen molar-refractivity contribution < 1.29 is 27.5 Å². The van der Waals surface area contributed by atoms with Crippen molar-refractivity contribution >= 4 is 12.0 Å². The summed E-state index contributed by atoms with van der Waals surface area (Å²) in [4.78, 5) is 30.4. The van der Waals surface area contributed by atoms with Gasteiger partial charge in [-0.3, -0.25) is 9.78 Å². The Kier molecular flexibility index (Phi) is 6.01. The molecular weight excluding hydrogens is 411 g/mol. The third kappa shape index (κ3) is 5.68. The summed E-state index contributed by atoms with van der Waals surface area (Å²) >= 11 is 0. The highest BCUT2D eigenvalue weighted by Gasteiger charge is 2.61. The molecule has 31 heavy (non-hydrogen) atoms. The van der Waals surface area contributed by atoms with Gasteiger partial charge in [0.15, 0.2) is 0 Å². The molecule has 0 bridgehead atoms. The van der Waals surface area contributed by atoms with E-state index in [2.05, 4.69) is 10.3 Å². The Morgan fingerprint density at radius 1 is 1.16 bits per heavy atom. The molecule has 2 amide bonds. The molecule has 2 heterocycles. The minimum Gasteiger partial charge on any atom is -0.444 e. The zero-order chi connectivity index (χ0) is 23.2. The Labute approximate surface area is 180 Å². The van der Waals surface area contributed by atoms with E-state index in [-0.39, 0.29) is 41.9 Å². The van der Waals surface area contributed by atoms with E-state index in [4.69, 9.17) is 4.74 Å². The van der Waals surface area contributed by atoms with Crippen molar-refractivity contribution in [3.05, 3.63) is 29.6 Å². The highest BCUT2D eigenvalue weighted by atomic mass is 19.4. The molecular formula is C22H30F3N3O3. The number of nitrogens with one attached hydrogen (secondary N) is 1. The molecule has 0 spiro atoms. The molecule has 172 valence electrons. The number of aryl methyl sites for hydroxylation is 1. The van der Waals surface area contributed by atoms with E-state index in [1.54, 1.807) is 18.7 Å². The van der Waals surface area contributed by atoms with Crippen LogP contribution in [0.15, 0.2) is 18.3 Å². The molecule has 1 saturated heterocycles. The maximum atomic E-state index is 13.2. The van der Waals surface area contributed by atoms with Crippen LogP contribution in [0.3, 0.4) is 0 Å². The number of aromatic nitrogens is 1. The second kappa shape index (κ2) is 7.98. The number of pyridine rings is 1. The fraction of sp³-hybridized carbons (Fsp3) is 0.682. The van der Waals surface area contributed by atoms with Gasteiger partial charge >= 0.3 is 12.3 Å². The van der Waals surface area contributed by atoms with Gasteiger partial charge in [-0.25, -0.2) is 4.79 Å². The predicted molar refractivity (Wildman–Crippen MR) is 108 cm³/mol. The van der Waals surface area contributed by atoms with E-state index in [0.717, 1.165) is 6.07 Å². The Balaban J connectivity index is 1.51. The summed E-state index contributed by atoms with van der Waals surface area (Å²) in [5, 5.41) is 2.97. The van der Waals surface area contributed by atoms with E-state index < -0.39 is 22.9 Å². The number of alkyl halides is 3. The van der Waals surface area contributed by atoms with Crippen molar-refractivity contribution in [3.8, 4) is 0 Å². The van der Waals surface area contributed by atoms with Gasteiger partial charge < -0.3 is 15.0 Å². The Bertz CT molecular complexity index is 836. The summed E-state index contributed by atoms with van der Waals surface area (Å²) < 4.78 is 44.8. The van der Waals surface area contributed by atoms with Crippen LogP contribution in [0, 0.1) is 17.8 Å². The molecule has 1 aliphatic carbocycles. The van der Waals surface area contributed by atoms with E-state index in [1.165, 1.54) is 12.3 Å². The number of ether oxygens (including phenoxy) is 1. The molecule has 1 N–H and O–H groups in total. The van der Waals surface area contributed by atoms with Crippen LogP contribution in [0.1, 0.15) is 52.3 Å². The number of carbonyl (C=O) groups is 2. The normalized spacial score (nSPS) is 23.4. The highest BCUT2D eigenvalue weighted by Crippen LogP contribution is 2.52. The fourth-order valence-electron chi connectivity index (χ4n) is 4.20. The first-order valence-corrected chi connectivity index (χ1v) is 10.5. The van der Waals surface area contributed by atoms with Crippen LogP contribution >= 0.6 is 0 Å². The fourth-order valence-corrected chi connectivity index (χ4v) is 4.20. The number of carbonyl (C=O) groups excluding carboxylic acids is 2. The van der Waals surface area contributed by atoms with Crippen LogP contribution in [0.2, 0.25) is 0 Å². The van der Waals surface area contributed by atoms with Gasteiger partial charge in [0.2, 0.25) is 5.91 Å². The van der Waals surface area contributed by atoms with Crippen LogP contribution in [0.25, 0.3) is 0 Å². The number of halogens is 3. The van der Waals surface area contributed by atoms with Crippen LogP contribution in [0.4, 0.5) is 18.0 Å². The van der Waals surface area contributed by atoms with Gasteiger partial charge in [0.05, 0.1) is 11.3 Å². The van der Waals surface area contributed by atoms with E-state index in [1.807, 2.05) is 20.8 Å². The number of nitrogens with zero attached hydrogens (tertiary/aromatic N) is 2. The van der Waals surface area contributed by atoms with Crippen molar-refractivity contribution in [2.45, 2.75) is 64.8 Å². The zero-order valence-electron chi connectivity index (χ0n) is 18.5. The molecule has 9 heteroatoms. The third-order valence-corrected chi connectivity index (χ3v) is 5.79. The summed E-state index contributed by atoms with van der Waals surface area (Å²) in [7, 11) is 0. The van der Waals surface area contributed by atoms with Gasteiger partial charge in [0, 0.05) is 30.7 Å². The van der Waals surface area contributed by atoms with Crippen molar-refractivity contribution in [1.82, 2.24) is 15.2 Å². The highest BCUT2D eigenvalue weighted by molar-refractivity contribution is 5.84. The predicted octanol–water partition coefficient (Wildman–Crippen LogP) is 4.04. The minimum absolute atomic E-state index is 0.0198. The summed E-state index contributed by atoms with van der Waals surface area (Å²) in [5.41, 5.74) is -2.01. The Morgan fingerprint density at radius 3 is 2.32 bits per heavy atom. The van der Waals surface area contributed by atoms with E-state index in [9.17, 15) is 22.8 Å². The monoisotopic (exact) mass is 441 g/mol. The molecule has 3 rings (SSSR count). The van der Waals surface area contributed by atoms with Gasteiger partial charge in [-0.1, -0.05) is 0 Å². The van der Waals surface area contributed by atoms with Crippen molar-refractivity contribution in [1.29, 1.82) is 0 Å². The second-order valence-electron chi connectivity index (χ2n) is 10.1. The first-order valence-electron chi connectivity index (χ1n) is 10.5. The van der Waals surface area contributed by atoms with Gasteiger partial charge in [-0.05, 0) is 71.4 Å². The third-order valence-electron chi connectivity index (χ3n) is 5.79. The lowest BCUT2D eigenvalue weighted by atomic mass is 9.95. The molecule has 2 aliphatic rings. The Hall–Kier alpha value is -2.32. The first-order chi connectivity index (χ1) is 14.2. The van der Waals surface area contributed by atoms with E-state index in [0.29, 0.717) is 19.5 Å². The number of likely N-dealkylation sites (tertiary alicyclic amines) is 1. The number of amides is 2. The molecule has 6 nitrogen and oxygen atoms in total. The summed E-state index contributed by atoms with van der Waals surface area (Å²) in [5.74, 6) is -0.0636. The number of hydrogen-bond donors (Lipinski definition) is 1. The summed E-state index contributed by atoms with van der Waals surface area (Å²) in [6, 6.07) is 2.29. The number of hydrogen-bond acceptors (Lipinski definition) is 4. The molecule has 1 aromatic heterocycles. The lowest BCUT2D eigenvalue weighted by Gasteiger charge is -2.28. The molecule has 0 aromatic carbocycles. The quantitative estimate of drug-likeness (QED) is 0.749. The van der Waals surface area contributed by atoms with Gasteiger partial charge in [-0.15, -0.1) is 0 Å². The Morgan fingerprint density at radius 2 is 1.77 bits per heavy atom. The smallest absolute Gasteiger partial charge is 0.418 e. The summed E-state index contributed by atoms with van der Waals surface area (Å²) in [6.07, 6.45) is -3.05. The molecule has 1 aliphatic heterocycles. The summed E-state index contributed by atoms with van der Waals surface area (Å²) in [6.45, 7) is 9.99. The lowest BCUT2D eigenvalue weighted by molar-refractivity contribution is -0.138. The van der Waals surface area contributed by atoms with E-state index >= 15 is 0 Å². The lowest BCUT2D eigenvalue weighted by Crippen LogP contribution is -2.46. The maximum absolute atomic E-state index is 13.2. The van der Waals surface area contributed by atoms with Crippen molar-refractivity contribution in [3.63, 3.8) is 0 Å². The maximum Gasteiger partial charge on any atom is 0.418 e. The van der Waals surface area contributed by atoms with Crippen molar-refractivity contribution in [2.24, 2.45) is 17.8 Å².